The fourth-order valence-electron chi connectivity index (χ4n) is 3.03. The molecule has 6 nitrogen and oxygen atoms in total. The molecule has 2 atom stereocenters. The van der Waals surface area contributed by atoms with E-state index in [0.29, 0.717) is 15.8 Å². The standard InChI is InChI=1S/C16H23ClN4O2S/c1-12-5-2-3-9-20(12)10-4-8-18-16(24)19-15-11-13(21(22)23)6-7-14(15)17/h6-7,11-12H,2-5,8-10H2,1H3,(H2,18,19,24)/p+1/t12-/m1/s1. The molecule has 1 fully saturated rings. The molecule has 0 saturated carbocycles. The number of quaternary nitrogens is 1. The van der Waals surface area contributed by atoms with Crippen molar-refractivity contribution in [1.82, 2.24) is 5.32 Å². The summed E-state index contributed by atoms with van der Waals surface area (Å²) in [5, 5.41) is 17.7. The quantitative estimate of drug-likeness (QED) is 0.310. The third kappa shape index (κ3) is 5.58. The van der Waals surface area contributed by atoms with E-state index >= 15 is 0 Å². The van der Waals surface area contributed by atoms with Crippen molar-refractivity contribution in [3.05, 3.63) is 33.3 Å². The summed E-state index contributed by atoms with van der Waals surface area (Å²) in [4.78, 5) is 12.0. The predicted molar refractivity (Wildman–Crippen MR) is 101 cm³/mol. The number of halogens is 1. The molecule has 0 amide bonds. The number of rotatable bonds is 6. The summed E-state index contributed by atoms with van der Waals surface area (Å²) in [7, 11) is 0. The van der Waals surface area contributed by atoms with Gasteiger partial charge in [0.15, 0.2) is 5.11 Å². The van der Waals surface area contributed by atoms with Crippen molar-refractivity contribution in [2.24, 2.45) is 0 Å². The normalized spacial score (nSPS) is 20.4. The Morgan fingerprint density at radius 1 is 1.50 bits per heavy atom. The van der Waals surface area contributed by atoms with Gasteiger partial charge in [0, 0.05) is 25.1 Å². The molecule has 2 rings (SSSR count). The highest BCUT2D eigenvalue weighted by atomic mass is 35.5. The molecule has 1 unspecified atom stereocenters. The first kappa shape index (κ1) is 18.9. The van der Waals surface area contributed by atoms with Gasteiger partial charge in [-0.15, -0.1) is 0 Å². The van der Waals surface area contributed by atoms with Gasteiger partial charge < -0.3 is 15.5 Å². The molecule has 0 spiro atoms. The molecule has 0 bridgehead atoms. The molecular weight excluding hydrogens is 348 g/mol. The summed E-state index contributed by atoms with van der Waals surface area (Å²) in [6.45, 7) is 5.48. The van der Waals surface area contributed by atoms with Gasteiger partial charge in [0.2, 0.25) is 0 Å². The maximum Gasteiger partial charge on any atom is 0.271 e. The van der Waals surface area contributed by atoms with Crippen molar-refractivity contribution in [2.45, 2.75) is 38.6 Å². The Morgan fingerprint density at radius 2 is 2.29 bits per heavy atom. The van der Waals surface area contributed by atoms with Crippen LogP contribution in [0.2, 0.25) is 5.02 Å². The molecule has 3 N–H and O–H groups in total. The Bertz CT molecular complexity index is 599. The van der Waals surface area contributed by atoms with Gasteiger partial charge in [0.05, 0.1) is 34.8 Å². The van der Waals surface area contributed by atoms with Gasteiger partial charge in [-0.3, -0.25) is 10.1 Å². The maximum atomic E-state index is 10.8. The van der Waals surface area contributed by atoms with E-state index in [4.69, 9.17) is 23.8 Å². The first-order valence-corrected chi connectivity index (χ1v) is 9.09. The molecule has 132 valence electrons. The molecular formula is C16H24ClN4O2S+. The smallest absolute Gasteiger partial charge is 0.271 e. The minimum Gasteiger partial charge on any atom is -0.362 e. The van der Waals surface area contributed by atoms with E-state index in [1.807, 2.05) is 0 Å². The molecule has 0 aliphatic carbocycles. The van der Waals surface area contributed by atoms with Gasteiger partial charge in [-0.05, 0) is 44.5 Å². The highest BCUT2D eigenvalue weighted by Gasteiger charge is 2.20. The fraction of sp³-hybridized carbons (Fsp3) is 0.562. The van der Waals surface area contributed by atoms with Gasteiger partial charge in [-0.25, -0.2) is 0 Å². The zero-order chi connectivity index (χ0) is 17.5. The number of nitrogens with one attached hydrogen (secondary N) is 3. The van der Waals surface area contributed by atoms with Crippen molar-refractivity contribution < 1.29 is 9.82 Å². The number of hydrogen-bond acceptors (Lipinski definition) is 3. The summed E-state index contributed by atoms with van der Waals surface area (Å²) >= 11 is 11.3. The highest BCUT2D eigenvalue weighted by Crippen LogP contribution is 2.26. The lowest BCUT2D eigenvalue weighted by atomic mass is 10.0. The van der Waals surface area contributed by atoms with Gasteiger partial charge in [-0.1, -0.05) is 11.6 Å². The number of anilines is 1. The Hall–Kier alpha value is -1.44. The first-order valence-electron chi connectivity index (χ1n) is 8.30. The molecule has 1 aromatic carbocycles. The molecule has 24 heavy (non-hydrogen) atoms. The average Bonchev–Trinajstić information content (AvgIpc) is 2.55. The number of piperidine rings is 1. The third-order valence-electron chi connectivity index (χ3n) is 4.45. The van der Waals surface area contributed by atoms with Crippen LogP contribution in [0.3, 0.4) is 0 Å². The van der Waals surface area contributed by atoms with Crippen molar-refractivity contribution in [3.8, 4) is 0 Å². The molecule has 1 saturated heterocycles. The van der Waals surface area contributed by atoms with Crippen LogP contribution in [0, 0.1) is 10.1 Å². The summed E-state index contributed by atoms with van der Waals surface area (Å²) < 4.78 is 0. The van der Waals surface area contributed by atoms with Crippen LogP contribution in [0.1, 0.15) is 32.6 Å². The number of likely N-dealkylation sites (tertiary alicyclic amines) is 1. The van der Waals surface area contributed by atoms with Crippen LogP contribution in [0.4, 0.5) is 11.4 Å². The van der Waals surface area contributed by atoms with Crippen molar-refractivity contribution in [2.75, 3.05) is 25.0 Å². The topological polar surface area (TPSA) is 71.6 Å². The average molecular weight is 372 g/mol. The van der Waals surface area contributed by atoms with E-state index in [1.165, 1.54) is 44.0 Å². The molecule has 1 heterocycles. The zero-order valence-corrected chi connectivity index (χ0v) is 15.4. The number of benzene rings is 1. The second-order valence-electron chi connectivity index (χ2n) is 6.21. The maximum absolute atomic E-state index is 10.8. The zero-order valence-electron chi connectivity index (χ0n) is 13.8. The minimum atomic E-state index is -0.458. The largest absolute Gasteiger partial charge is 0.362 e. The SMILES string of the molecule is C[C@@H]1CCCC[NH+]1CCCNC(=S)Nc1cc([N+](=O)[O-])ccc1Cl. The number of non-ortho nitro benzene ring substituents is 1. The van der Waals surface area contributed by atoms with Gasteiger partial charge in [-0.2, -0.15) is 0 Å². The van der Waals surface area contributed by atoms with Crippen LogP contribution in [0.25, 0.3) is 0 Å². The van der Waals surface area contributed by atoms with Crippen LogP contribution < -0.4 is 15.5 Å². The van der Waals surface area contributed by atoms with Crippen molar-refractivity contribution in [3.63, 3.8) is 0 Å². The lowest BCUT2D eigenvalue weighted by molar-refractivity contribution is -0.928. The van der Waals surface area contributed by atoms with Gasteiger partial charge >= 0.3 is 0 Å². The monoisotopic (exact) mass is 371 g/mol. The number of hydrogen-bond donors (Lipinski definition) is 3. The van der Waals surface area contributed by atoms with Crippen LogP contribution in [-0.2, 0) is 0 Å². The minimum absolute atomic E-state index is 0.0209. The first-order chi connectivity index (χ1) is 11.5. The van der Waals surface area contributed by atoms with E-state index in [1.54, 1.807) is 4.90 Å². The second-order valence-corrected chi connectivity index (χ2v) is 7.03. The van der Waals surface area contributed by atoms with Gasteiger partial charge in [0.25, 0.3) is 5.69 Å². The second kappa shape index (κ2) is 9.15. The fourth-order valence-corrected chi connectivity index (χ4v) is 3.41. The number of nitro benzene ring substituents is 1. The van der Waals surface area contributed by atoms with Gasteiger partial charge in [0.1, 0.15) is 0 Å². The number of thiocarbonyl (C=S) groups is 1. The van der Waals surface area contributed by atoms with E-state index in [0.717, 1.165) is 25.6 Å². The summed E-state index contributed by atoms with van der Waals surface area (Å²) in [6, 6.07) is 4.99. The highest BCUT2D eigenvalue weighted by molar-refractivity contribution is 7.80. The van der Waals surface area contributed by atoms with Crippen molar-refractivity contribution >= 4 is 40.3 Å². The lowest BCUT2D eigenvalue weighted by Crippen LogP contribution is -3.16. The van der Waals surface area contributed by atoms with E-state index in [2.05, 4.69) is 17.6 Å². The Morgan fingerprint density at radius 3 is 3.00 bits per heavy atom. The van der Waals surface area contributed by atoms with E-state index < -0.39 is 4.92 Å². The van der Waals surface area contributed by atoms with Crippen LogP contribution >= 0.6 is 23.8 Å². The van der Waals surface area contributed by atoms with Crippen molar-refractivity contribution in [1.29, 1.82) is 0 Å². The van der Waals surface area contributed by atoms with E-state index in [9.17, 15) is 10.1 Å². The van der Waals surface area contributed by atoms with Crippen LogP contribution in [-0.4, -0.2) is 35.7 Å². The van der Waals surface area contributed by atoms with Crippen LogP contribution in [0.5, 0.6) is 0 Å². The molecule has 1 aliphatic heterocycles. The Balaban J connectivity index is 1.75. The lowest BCUT2D eigenvalue weighted by Gasteiger charge is -2.30. The molecule has 0 radical (unpaired) electrons. The van der Waals surface area contributed by atoms with Crippen LogP contribution in [0.15, 0.2) is 18.2 Å². The Labute approximate surface area is 152 Å². The summed E-state index contributed by atoms with van der Waals surface area (Å²) in [6.07, 6.45) is 5.01. The molecule has 0 aromatic heterocycles. The molecule has 8 heteroatoms. The predicted octanol–water partition coefficient (Wildman–Crippen LogP) is 2.38. The summed E-state index contributed by atoms with van der Waals surface area (Å²) in [5.41, 5.74) is 0.422. The van der Waals surface area contributed by atoms with E-state index in [-0.39, 0.29) is 5.69 Å². The Kier molecular flexibility index (Phi) is 7.20. The third-order valence-corrected chi connectivity index (χ3v) is 5.03. The summed E-state index contributed by atoms with van der Waals surface area (Å²) in [5.74, 6) is 0. The number of nitro groups is 1. The molecule has 1 aromatic rings. The number of nitrogens with zero attached hydrogens (tertiary/aromatic N) is 1. The molecule has 1 aliphatic rings.